The third-order valence-electron chi connectivity index (χ3n) is 5.01. The number of carbonyl (C=O) groups excluding carboxylic acids is 1. The van der Waals surface area contributed by atoms with Crippen LogP contribution in [0.5, 0.6) is 5.75 Å². The van der Waals surface area contributed by atoms with Crippen LogP contribution in [0.1, 0.15) is 40.2 Å². The number of ketones is 1. The Morgan fingerprint density at radius 3 is 2.68 bits per heavy atom. The van der Waals surface area contributed by atoms with E-state index in [2.05, 4.69) is 20.2 Å². The third-order valence-corrected chi connectivity index (χ3v) is 6.54. The number of methoxy groups -OCH3 is 1. The van der Waals surface area contributed by atoms with Gasteiger partial charge >= 0.3 is 0 Å². The molecule has 0 fully saturated rings. The number of imidazole rings is 1. The second-order valence-corrected chi connectivity index (χ2v) is 8.80. The number of hydrogen-bond donors (Lipinski definition) is 3. The van der Waals surface area contributed by atoms with Gasteiger partial charge in [0, 0.05) is 26.0 Å². The van der Waals surface area contributed by atoms with E-state index in [-0.39, 0.29) is 10.7 Å². The van der Waals surface area contributed by atoms with E-state index in [4.69, 9.17) is 10.5 Å². The monoisotopic (exact) mass is 450 g/mol. The highest BCUT2D eigenvalue weighted by molar-refractivity contribution is 7.90. The van der Waals surface area contributed by atoms with E-state index in [0.717, 1.165) is 11.9 Å². The number of nitrogens with one attached hydrogen (secondary N) is 2. The third kappa shape index (κ3) is 5.90. The maximum atomic E-state index is 12.7. The van der Waals surface area contributed by atoms with E-state index >= 15 is 0 Å². The SMILES string of the molecule is COc1cc(C)c(S(=O)(=O)/N=C/NNCCC[C@@H](N)C(=O)c2nccn2C)c(C)c1C. The number of nitrogens with two attached hydrogens (primary N) is 1. The van der Waals surface area contributed by atoms with E-state index < -0.39 is 16.1 Å². The van der Waals surface area contributed by atoms with Crippen molar-refractivity contribution >= 4 is 22.1 Å². The summed E-state index contributed by atoms with van der Waals surface area (Å²) in [6.07, 6.45) is 5.39. The minimum atomic E-state index is -3.88. The molecule has 0 saturated carbocycles. The molecule has 0 radical (unpaired) electrons. The van der Waals surface area contributed by atoms with Gasteiger partial charge in [0.2, 0.25) is 5.78 Å². The molecule has 1 aromatic heterocycles. The minimum absolute atomic E-state index is 0.169. The normalized spacial score (nSPS) is 12.8. The van der Waals surface area contributed by atoms with E-state index in [1.807, 2.05) is 0 Å². The number of nitrogens with zero attached hydrogens (tertiary/aromatic N) is 3. The zero-order chi connectivity index (χ0) is 23.2. The summed E-state index contributed by atoms with van der Waals surface area (Å²) in [6.45, 7) is 5.71. The van der Waals surface area contributed by atoms with Crippen LogP contribution in [-0.4, -0.2) is 49.8 Å². The first-order valence-electron chi connectivity index (χ1n) is 9.79. The van der Waals surface area contributed by atoms with Crippen molar-refractivity contribution in [1.29, 1.82) is 0 Å². The number of ether oxygens (including phenoxy) is 1. The molecule has 0 aliphatic rings. The van der Waals surface area contributed by atoms with Gasteiger partial charge in [0.05, 0.1) is 18.0 Å². The number of hydrogen-bond acceptors (Lipinski definition) is 7. The number of aromatic nitrogens is 2. The molecule has 0 spiro atoms. The van der Waals surface area contributed by atoms with Crippen LogP contribution < -0.4 is 21.3 Å². The molecule has 4 N–H and O–H groups in total. The van der Waals surface area contributed by atoms with Crippen LogP contribution in [0.3, 0.4) is 0 Å². The maximum Gasteiger partial charge on any atom is 0.284 e. The Hall–Kier alpha value is -2.76. The first-order valence-corrected chi connectivity index (χ1v) is 11.2. The fraction of sp³-hybridized carbons (Fsp3) is 0.450. The molecule has 0 aliphatic heterocycles. The van der Waals surface area contributed by atoms with Crippen LogP contribution in [0.4, 0.5) is 0 Å². The molecule has 1 heterocycles. The molecule has 0 saturated heterocycles. The second-order valence-electron chi connectivity index (χ2n) is 7.23. The van der Waals surface area contributed by atoms with Crippen LogP contribution in [0.15, 0.2) is 27.8 Å². The molecular formula is C20H30N6O4S. The van der Waals surface area contributed by atoms with Gasteiger partial charge in [-0.15, -0.1) is 4.40 Å². The first-order chi connectivity index (χ1) is 14.6. The number of carbonyl (C=O) groups is 1. The second kappa shape index (κ2) is 10.5. The Balaban J connectivity index is 1.85. The molecule has 31 heavy (non-hydrogen) atoms. The number of aryl methyl sites for hydroxylation is 2. The number of sulfonamides is 1. The van der Waals surface area contributed by atoms with Gasteiger partial charge in [-0.05, 0) is 56.4 Å². The molecule has 1 aromatic carbocycles. The molecular weight excluding hydrogens is 420 g/mol. The Labute approximate surface area is 182 Å². The highest BCUT2D eigenvalue weighted by Gasteiger charge is 2.22. The van der Waals surface area contributed by atoms with Crippen molar-refractivity contribution in [3.8, 4) is 5.75 Å². The van der Waals surface area contributed by atoms with Crippen molar-refractivity contribution in [2.24, 2.45) is 17.2 Å². The highest BCUT2D eigenvalue weighted by Crippen LogP contribution is 2.31. The van der Waals surface area contributed by atoms with Crippen LogP contribution >= 0.6 is 0 Å². The summed E-state index contributed by atoms with van der Waals surface area (Å²) in [7, 11) is -0.594. The van der Waals surface area contributed by atoms with Gasteiger partial charge < -0.3 is 20.5 Å². The van der Waals surface area contributed by atoms with E-state index in [1.54, 1.807) is 58.0 Å². The zero-order valence-corrected chi connectivity index (χ0v) is 19.3. The Bertz CT molecular complexity index is 1060. The first kappa shape index (κ1) is 24.5. The van der Waals surface area contributed by atoms with Gasteiger partial charge in [-0.2, -0.15) is 8.42 Å². The van der Waals surface area contributed by atoms with Gasteiger partial charge in [-0.3, -0.25) is 4.79 Å². The van der Waals surface area contributed by atoms with E-state index in [1.165, 1.54) is 0 Å². The lowest BCUT2D eigenvalue weighted by Gasteiger charge is -2.14. The smallest absolute Gasteiger partial charge is 0.284 e. The number of benzene rings is 1. The Morgan fingerprint density at radius 1 is 1.35 bits per heavy atom. The quantitative estimate of drug-likeness (QED) is 0.152. The van der Waals surface area contributed by atoms with E-state index in [0.29, 0.717) is 42.1 Å². The molecule has 10 nitrogen and oxygen atoms in total. The molecule has 0 aliphatic carbocycles. The molecule has 0 unspecified atom stereocenters. The van der Waals surface area contributed by atoms with Crippen molar-refractivity contribution in [2.75, 3.05) is 13.7 Å². The summed E-state index contributed by atoms with van der Waals surface area (Å²) in [4.78, 5) is 16.4. The van der Waals surface area contributed by atoms with Crippen LogP contribution in [-0.2, 0) is 17.1 Å². The summed E-state index contributed by atoms with van der Waals surface area (Å²) in [5.74, 6) is 0.751. The molecule has 2 rings (SSSR count). The van der Waals surface area contributed by atoms with Gasteiger partial charge in [0.1, 0.15) is 12.1 Å². The lowest BCUT2D eigenvalue weighted by molar-refractivity contribution is 0.0943. The minimum Gasteiger partial charge on any atom is -0.496 e. The van der Waals surface area contributed by atoms with Gasteiger partial charge in [-0.1, -0.05) is 0 Å². The van der Waals surface area contributed by atoms with Crippen LogP contribution in [0.25, 0.3) is 0 Å². The number of rotatable bonds is 11. The van der Waals surface area contributed by atoms with Crippen molar-refractivity contribution < 1.29 is 17.9 Å². The Kier molecular flexibility index (Phi) is 8.31. The fourth-order valence-corrected chi connectivity index (χ4v) is 4.51. The zero-order valence-electron chi connectivity index (χ0n) is 18.5. The summed E-state index contributed by atoms with van der Waals surface area (Å²) in [5.41, 5.74) is 13.3. The summed E-state index contributed by atoms with van der Waals surface area (Å²) >= 11 is 0. The largest absolute Gasteiger partial charge is 0.496 e. The Morgan fingerprint density at radius 2 is 2.06 bits per heavy atom. The van der Waals surface area contributed by atoms with Gasteiger partial charge in [0.25, 0.3) is 10.0 Å². The van der Waals surface area contributed by atoms with E-state index in [9.17, 15) is 13.2 Å². The van der Waals surface area contributed by atoms with Crippen molar-refractivity contribution in [2.45, 2.75) is 44.6 Å². The lowest BCUT2D eigenvalue weighted by atomic mass is 10.1. The summed E-state index contributed by atoms with van der Waals surface area (Å²) in [5, 5.41) is 0. The maximum absolute atomic E-state index is 12.7. The number of Topliss-reactive ketones (excluding diaryl/α,β-unsaturated/α-hetero) is 1. The van der Waals surface area contributed by atoms with Crippen LogP contribution in [0, 0.1) is 20.8 Å². The van der Waals surface area contributed by atoms with Crippen LogP contribution in [0.2, 0.25) is 0 Å². The molecule has 0 bridgehead atoms. The van der Waals surface area contributed by atoms with Crippen molar-refractivity contribution in [3.63, 3.8) is 0 Å². The lowest BCUT2D eigenvalue weighted by Crippen LogP contribution is -2.35. The average Bonchev–Trinajstić information content (AvgIpc) is 3.14. The highest BCUT2D eigenvalue weighted by atomic mass is 32.2. The summed E-state index contributed by atoms with van der Waals surface area (Å²) < 4.78 is 35.9. The number of hydrazine groups is 1. The fourth-order valence-electron chi connectivity index (χ4n) is 3.21. The predicted molar refractivity (Wildman–Crippen MR) is 119 cm³/mol. The molecule has 1 atom stereocenters. The molecule has 0 amide bonds. The standard InChI is InChI=1S/C20H30N6O4S/c1-13-11-17(30-5)14(2)15(3)19(13)31(28,29)25-12-24-23-8-6-7-16(21)18(27)20-22-9-10-26(20)4/h9-12,16,23H,6-8,21H2,1-5H3,(H,24,25)/t16-/m1/s1. The molecule has 2 aromatic rings. The van der Waals surface area contributed by atoms with Crippen molar-refractivity contribution in [3.05, 3.63) is 41.0 Å². The molecule has 170 valence electrons. The molecule has 11 heteroatoms. The average molecular weight is 451 g/mol. The predicted octanol–water partition coefficient (Wildman–Crippen LogP) is 1.16. The van der Waals surface area contributed by atoms with Gasteiger partial charge in [0.15, 0.2) is 5.82 Å². The summed E-state index contributed by atoms with van der Waals surface area (Å²) in [6, 6.07) is 1.03. The van der Waals surface area contributed by atoms with Gasteiger partial charge in [-0.25, -0.2) is 10.4 Å². The van der Waals surface area contributed by atoms with Crippen molar-refractivity contribution in [1.82, 2.24) is 20.4 Å². The topological polar surface area (TPSA) is 141 Å².